The minimum absolute atomic E-state index is 0.484. The van der Waals surface area contributed by atoms with Crippen LogP contribution in [0.15, 0.2) is 18.2 Å². The summed E-state index contributed by atoms with van der Waals surface area (Å²) in [4.78, 5) is 37.0. The van der Waals surface area contributed by atoms with Crippen LogP contribution in [0.1, 0.15) is 51.8 Å². The van der Waals surface area contributed by atoms with Gasteiger partial charge in [0, 0.05) is 19.4 Å². The summed E-state index contributed by atoms with van der Waals surface area (Å²) in [5, 5.41) is 0. The van der Waals surface area contributed by atoms with Gasteiger partial charge in [-0.2, -0.15) is 0 Å². The SMILES string of the molecule is CC(=O)O[C@@H]1c2cc(C)ccc2N(C(=O)OC(C)(C)C)[C@H]1OC(C)=O. The third kappa shape index (κ3) is 4.29. The molecule has 7 nitrogen and oxygen atoms in total. The molecule has 1 aromatic carbocycles. The summed E-state index contributed by atoms with van der Waals surface area (Å²) in [5.41, 5.74) is 1.26. The average Bonchev–Trinajstić information content (AvgIpc) is 2.69. The molecule has 0 spiro atoms. The lowest BCUT2D eigenvalue weighted by Gasteiger charge is -2.29. The predicted octanol–water partition coefficient (Wildman–Crippen LogP) is 3.24. The Morgan fingerprint density at radius 2 is 1.64 bits per heavy atom. The van der Waals surface area contributed by atoms with Gasteiger partial charge < -0.3 is 14.2 Å². The van der Waals surface area contributed by atoms with E-state index in [1.54, 1.807) is 32.9 Å². The number of carbonyl (C=O) groups excluding carboxylic acids is 3. The number of rotatable bonds is 2. The van der Waals surface area contributed by atoms with Gasteiger partial charge in [0.1, 0.15) is 5.60 Å². The second kappa shape index (κ2) is 6.74. The number of amides is 1. The smallest absolute Gasteiger partial charge is 0.417 e. The molecule has 136 valence electrons. The van der Waals surface area contributed by atoms with E-state index in [0.29, 0.717) is 11.3 Å². The van der Waals surface area contributed by atoms with E-state index >= 15 is 0 Å². The van der Waals surface area contributed by atoms with Crippen molar-refractivity contribution in [3.8, 4) is 0 Å². The lowest BCUT2D eigenvalue weighted by molar-refractivity contribution is -0.164. The summed E-state index contributed by atoms with van der Waals surface area (Å²) < 4.78 is 16.1. The summed E-state index contributed by atoms with van der Waals surface area (Å²) in [5.74, 6) is -1.14. The molecule has 0 radical (unpaired) electrons. The van der Waals surface area contributed by atoms with Gasteiger partial charge in [0.25, 0.3) is 0 Å². The van der Waals surface area contributed by atoms with E-state index in [1.807, 2.05) is 13.0 Å². The second-order valence-corrected chi connectivity index (χ2v) is 6.94. The van der Waals surface area contributed by atoms with Crippen molar-refractivity contribution >= 4 is 23.7 Å². The Kier molecular flexibility index (Phi) is 5.06. The van der Waals surface area contributed by atoms with Crippen LogP contribution in [0.5, 0.6) is 0 Å². The van der Waals surface area contributed by atoms with Crippen molar-refractivity contribution in [1.29, 1.82) is 0 Å². The Labute approximate surface area is 146 Å². The zero-order valence-electron chi connectivity index (χ0n) is 15.3. The molecule has 0 aromatic heterocycles. The Balaban J connectivity index is 2.52. The molecule has 2 atom stereocenters. The Hall–Kier alpha value is -2.57. The van der Waals surface area contributed by atoms with E-state index in [-0.39, 0.29) is 0 Å². The molecule has 0 unspecified atom stereocenters. The molecule has 0 bridgehead atoms. The summed E-state index contributed by atoms with van der Waals surface area (Å²) in [6, 6.07) is 5.33. The second-order valence-electron chi connectivity index (χ2n) is 6.94. The fourth-order valence-electron chi connectivity index (χ4n) is 2.65. The lowest BCUT2D eigenvalue weighted by atomic mass is 10.1. The number of benzene rings is 1. The molecule has 1 aliphatic heterocycles. The van der Waals surface area contributed by atoms with E-state index in [1.165, 1.54) is 18.7 Å². The highest BCUT2D eigenvalue weighted by atomic mass is 16.6. The van der Waals surface area contributed by atoms with Gasteiger partial charge in [-0.25, -0.2) is 9.69 Å². The predicted molar refractivity (Wildman–Crippen MR) is 90.0 cm³/mol. The fourth-order valence-corrected chi connectivity index (χ4v) is 2.65. The maximum atomic E-state index is 12.7. The van der Waals surface area contributed by atoms with E-state index in [4.69, 9.17) is 14.2 Å². The van der Waals surface area contributed by atoms with Gasteiger partial charge in [0.2, 0.25) is 6.23 Å². The zero-order chi connectivity index (χ0) is 18.9. The minimum atomic E-state index is -1.12. The monoisotopic (exact) mass is 349 g/mol. The van der Waals surface area contributed by atoms with Crippen molar-refractivity contribution in [2.75, 3.05) is 4.90 Å². The normalized spacial score (nSPS) is 19.2. The minimum Gasteiger partial charge on any atom is -0.451 e. The maximum Gasteiger partial charge on any atom is 0.417 e. The van der Waals surface area contributed by atoms with Crippen LogP contribution in [0.25, 0.3) is 0 Å². The van der Waals surface area contributed by atoms with Crippen molar-refractivity contribution in [2.24, 2.45) is 0 Å². The molecule has 0 aliphatic carbocycles. The van der Waals surface area contributed by atoms with Crippen LogP contribution in [-0.2, 0) is 23.8 Å². The van der Waals surface area contributed by atoms with Crippen LogP contribution in [-0.4, -0.2) is 29.9 Å². The van der Waals surface area contributed by atoms with Crippen LogP contribution in [0.3, 0.4) is 0 Å². The summed E-state index contributed by atoms with van der Waals surface area (Å²) in [6.07, 6.45) is -2.71. The molecule has 1 amide bonds. The van der Waals surface area contributed by atoms with E-state index in [2.05, 4.69) is 0 Å². The first-order valence-electron chi connectivity index (χ1n) is 7.97. The van der Waals surface area contributed by atoms with Crippen molar-refractivity contribution < 1.29 is 28.6 Å². The zero-order valence-corrected chi connectivity index (χ0v) is 15.3. The number of aryl methyl sites for hydroxylation is 1. The molecule has 1 heterocycles. The number of hydrogen-bond acceptors (Lipinski definition) is 6. The molecular formula is C18H23NO6. The standard InChI is InChI=1S/C18H23NO6/c1-10-7-8-14-13(9-10)15(23-11(2)20)16(24-12(3)21)19(14)17(22)25-18(4,5)6/h7-9,15-16H,1-6H3/t15-,16+/m1/s1. The van der Waals surface area contributed by atoms with Crippen molar-refractivity contribution in [3.63, 3.8) is 0 Å². The van der Waals surface area contributed by atoms with Gasteiger partial charge in [0.05, 0.1) is 5.69 Å². The third-order valence-corrected chi connectivity index (χ3v) is 3.43. The molecule has 7 heteroatoms. The summed E-state index contributed by atoms with van der Waals surface area (Å²) in [7, 11) is 0. The van der Waals surface area contributed by atoms with Gasteiger partial charge >= 0.3 is 18.0 Å². The highest BCUT2D eigenvalue weighted by Crippen LogP contribution is 2.43. The highest BCUT2D eigenvalue weighted by Gasteiger charge is 2.47. The highest BCUT2D eigenvalue weighted by molar-refractivity contribution is 5.92. The van der Waals surface area contributed by atoms with Crippen LogP contribution >= 0.6 is 0 Å². The van der Waals surface area contributed by atoms with E-state index < -0.39 is 36.0 Å². The maximum absolute atomic E-state index is 12.7. The molecule has 0 saturated heterocycles. The molecule has 1 aromatic rings. The molecule has 0 saturated carbocycles. The molecule has 2 rings (SSSR count). The Morgan fingerprint density at radius 1 is 1.04 bits per heavy atom. The number of ether oxygens (including phenoxy) is 3. The third-order valence-electron chi connectivity index (χ3n) is 3.43. The molecule has 0 N–H and O–H groups in total. The summed E-state index contributed by atoms with van der Waals surface area (Å²) >= 11 is 0. The largest absolute Gasteiger partial charge is 0.451 e. The van der Waals surface area contributed by atoms with Crippen LogP contribution in [0.2, 0.25) is 0 Å². The van der Waals surface area contributed by atoms with Gasteiger partial charge in [0.15, 0.2) is 6.10 Å². The number of nitrogens with zero attached hydrogens (tertiary/aromatic N) is 1. The number of fused-ring (bicyclic) bond motifs is 1. The van der Waals surface area contributed by atoms with Gasteiger partial charge in [-0.05, 0) is 33.8 Å². The van der Waals surface area contributed by atoms with Crippen LogP contribution in [0, 0.1) is 6.92 Å². The number of hydrogen-bond donors (Lipinski definition) is 0. The van der Waals surface area contributed by atoms with Gasteiger partial charge in [-0.3, -0.25) is 9.59 Å². The quantitative estimate of drug-likeness (QED) is 0.602. The van der Waals surface area contributed by atoms with Gasteiger partial charge in [-0.15, -0.1) is 0 Å². The van der Waals surface area contributed by atoms with Crippen LogP contribution in [0.4, 0.5) is 10.5 Å². The average molecular weight is 349 g/mol. The fraction of sp³-hybridized carbons (Fsp3) is 0.500. The van der Waals surface area contributed by atoms with Crippen molar-refractivity contribution in [3.05, 3.63) is 29.3 Å². The first-order chi connectivity index (χ1) is 11.5. The molecular weight excluding hydrogens is 326 g/mol. The number of anilines is 1. The molecule has 1 aliphatic rings. The summed E-state index contributed by atoms with van der Waals surface area (Å²) in [6.45, 7) is 9.58. The topological polar surface area (TPSA) is 82.1 Å². The lowest BCUT2D eigenvalue weighted by Crippen LogP contribution is -2.45. The van der Waals surface area contributed by atoms with Crippen molar-refractivity contribution in [1.82, 2.24) is 0 Å². The Morgan fingerprint density at radius 3 is 2.16 bits per heavy atom. The van der Waals surface area contributed by atoms with E-state index in [0.717, 1.165) is 5.56 Å². The number of carbonyl (C=O) groups is 3. The van der Waals surface area contributed by atoms with Crippen molar-refractivity contribution in [2.45, 2.75) is 59.5 Å². The first-order valence-corrected chi connectivity index (χ1v) is 7.97. The van der Waals surface area contributed by atoms with E-state index in [9.17, 15) is 14.4 Å². The first kappa shape index (κ1) is 18.8. The van der Waals surface area contributed by atoms with Crippen LogP contribution < -0.4 is 4.90 Å². The molecule has 25 heavy (non-hydrogen) atoms. The molecule has 0 fully saturated rings. The number of esters is 2. The Bertz CT molecular complexity index is 706. The van der Waals surface area contributed by atoms with Gasteiger partial charge in [-0.1, -0.05) is 17.7 Å².